The molecule has 1 saturated heterocycles. The summed E-state index contributed by atoms with van der Waals surface area (Å²) >= 11 is 0. The lowest BCUT2D eigenvalue weighted by Gasteiger charge is -2.28. The Bertz CT molecular complexity index is 625. The highest BCUT2D eigenvalue weighted by Gasteiger charge is 2.12. The Kier molecular flexibility index (Phi) is 3.40. The summed E-state index contributed by atoms with van der Waals surface area (Å²) in [5.74, 6) is 0. The number of fused-ring (bicyclic) bond motifs is 1. The highest BCUT2D eigenvalue weighted by molar-refractivity contribution is 5.68. The van der Waals surface area contributed by atoms with Crippen LogP contribution in [-0.2, 0) is 13.1 Å². The van der Waals surface area contributed by atoms with Gasteiger partial charge in [-0.2, -0.15) is 0 Å². The number of nitrogens with zero attached hydrogens (tertiary/aromatic N) is 1. The summed E-state index contributed by atoms with van der Waals surface area (Å²) < 4.78 is 0. The molecule has 0 spiro atoms. The molecule has 2 aliphatic heterocycles. The molecule has 2 nitrogen and oxygen atoms in total. The molecule has 2 aromatic rings. The highest BCUT2D eigenvalue weighted by atomic mass is 15.1. The van der Waals surface area contributed by atoms with Crippen molar-refractivity contribution in [1.29, 1.82) is 0 Å². The van der Waals surface area contributed by atoms with Gasteiger partial charge >= 0.3 is 0 Å². The van der Waals surface area contributed by atoms with E-state index in [2.05, 4.69) is 52.7 Å². The first kappa shape index (κ1) is 12.9. The molecule has 0 unspecified atom stereocenters. The first-order chi connectivity index (χ1) is 10.4. The van der Waals surface area contributed by atoms with Crippen LogP contribution in [0.15, 0.2) is 42.5 Å². The average molecular weight is 278 g/mol. The van der Waals surface area contributed by atoms with Gasteiger partial charge in [-0.3, -0.25) is 0 Å². The van der Waals surface area contributed by atoms with Gasteiger partial charge in [-0.25, -0.2) is 0 Å². The van der Waals surface area contributed by atoms with Crippen LogP contribution in [0.4, 0.5) is 5.69 Å². The topological polar surface area (TPSA) is 15.3 Å². The van der Waals surface area contributed by atoms with Crippen molar-refractivity contribution in [1.82, 2.24) is 5.32 Å². The standard InChI is InChI=1S/C19H22N2/c1-2-10-21(11-3-1)19-8-6-15(7-9-19)16-4-5-17-13-20-14-18(17)12-16/h4-9,12,20H,1-3,10-11,13-14H2. The summed E-state index contributed by atoms with van der Waals surface area (Å²) in [6.45, 7) is 4.45. The Balaban J connectivity index is 1.58. The van der Waals surface area contributed by atoms with Crippen molar-refractivity contribution in [3.63, 3.8) is 0 Å². The molecule has 0 aromatic heterocycles. The lowest BCUT2D eigenvalue weighted by atomic mass is 10.00. The monoisotopic (exact) mass is 278 g/mol. The molecule has 0 radical (unpaired) electrons. The number of hydrogen-bond acceptors (Lipinski definition) is 2. The van der Waals surface area contributed by atoms with Crippen LogP contribution in [0, 0.1) is 0 Å². The van der Waals surface area contributed by atoms with Crippen LogP contribution in [-0.4, -0.2) is 13.1 Å². The van der Waals surface area contributed by atoms with E-state index in [-0.39, 0.29) is 0 Å². The van der Waals surface area contributed by atoms with Crippen LogP contribution in [0.25, 0.3) is 11.1 Å². The van der Waals surface area contributed by atoms with Gasteiger partial charge in [-0.15, -0.1) is 0 Å². The minimum atomic E-state index is 1.01. The van der Waals surface area contributed by atoms with E-state index in [9.17, 15) is 0 Å². The van der Waals surface area contributed by atoms with Gasteiger partial charge in [0.2, 0.25) is 0 Å². The van der Waals surface area contributed by atoms with E-state index >= 15 is 0 Å². The second-order valence-electron chi connectivity index (χ2n) is 6.18. The lowest BCUT2D eigenvalue weighted by Crippen LogP contribution is -2.29. The quantitative estimate of drug-likeness (QED) is 0.895. The van der Waals surface area contributed by atoms with Crippen LogP contribution in [0.2, 0.25) is 0 Å². The smallest absolute Gasteiger partial charge is 0.0366 e. The third-order valence-corrected chi connectivity index (χ3v) is 4.76. The van der Waals surface area contributed by atoms with E-state index in [0.29, 0.717) is 0 Å². The number of benzene rings is 2. The number of hydrogen-bond donors (Lipinski definition) is 1. The molecule has 1 N–H and O–H groups in total. The summed E-state index contributed by atoms with van der Waals surface area (Å²) in [5.41, 5.74) is 6.94. The fraction of sp³-hybridized carbons (Fsp3) is 0.368. The van der Waals surface area contributed by atoms with Crippen LogP contribution in [0.1, 0.15) is 30.4 Å². The van der Waals surface area contributed by atoms with Crippen LogP contribution >= 0.6 is 0 Å². The number of anilines is 1. The average Bonchev–Trinajstić information content (AvgIpc) is 3.03. The zero-order valence-corrected chi connectivity index (χ0v) is 12.4. The maximum absolute atomic E-state index is 3.41. The van der Waals surface area contributed by atoms with Crippen molar-refractivity contribution in [2.24, 2.45) is 0 Å². The van der Waals surface area contributed by atoms with Crippen molar-refractivity contribution in [2.45, 2.75) is 32.4 Å². The normalized spacial score (nSPS) is 17.8. The van der Waals surface area contributed by atoms with Crippen LogP contribution < -0.4 is 10.2 Å². The summed E-state index contributed by atoms with van der Waals surface area (Å²) in [6.07, 6.45) is 4.05. The molecule has 1 fully saturated rings. The van der Waals surface area contributed by atoms with Crippen LogP contribution in [0.5, 0.6) is 0 Å². The molecule has 108 valence electrons. The van der Waals surface area contributed by atoms with Crippen molar-refractivity contribution < 1.29 is 0 Å². The molecular weight excluding hydrogens is 256 g/mol. The summed E-state index contributed by atoms with van der Waals surface area (Å²) in [6, 6.07) is 16.0. The third kappa shape index (κ3) is 2.56. The number of piperidine rings is 1. The number of nitrogens with one attached hydrogen (secondary N) is 1. The van der Waals surface area contributed by atoms with E-state index < -0.39 is 0 Å². The van der Waals surface area contributed by atoms with E-state index in [1.54, 1.807) is 0 Å². The van der Waals surface area contributed by atoms with Gasteiger partial charge in [0.05, 0.1) is 0 Å². The second kappa shape index (κ2) is 5.53. The molecule has 4 rings (SSSR count). The maximum atomic E-state index is 3.41. The van der Waals surface area contributed by atoms with Crippen LogP contribution in [0.3, 0.4) is 0 Å². The Hall–Kier alpha value is -1.80. The van der Waals surface area contributed by atoms with Gasteiger partial charge < -0.3 is 10.2 Å². The molecule has 0 amide bonds. The summed E-state index contributed by atoms with van der Waals surface area (Å²) in [5, 5.41) is 3.41. The molecule has 0 saturated carbocycles. The summed E-state index contributed by atoms with van der Waals surface area (Å²) in [4.78, 5) is 2.51. The molecule has 2 aliphatic rings. The van der Waals surface area contributed by atoms with Crippen molar-refractivity contribution in [3.8, 4) is 11.1 Å². The molecule has 2 heterocycles. The first-order valence-electron chi connectivity index (χ1n) is 8.08. The van der Waals surface area contributed by atoms with E-state index in [0.717, 1.165) is 13.1 Å². The van der Waals surface area contributed by atoms with E-state index in [4.69, 9.17) is 0 Å². The predicted molar refractivity (Wildman–Crippen MR) is 88.5 cm³/mol. The van der Waals surface area contributed by atoms with Crippen molar-refractivity contribution in [2.75, 3.05) is 18.0 Å². The van der Waals surface area contributed by atoms with E-state index in [1.165, 1.54) is 60.3 Å². The molecule has 2 aromatic carbocycles. The molecule has 0 aliphatic carbocycles. The largest absolute Gasteiger partial charge is 0.372 e. The molecule has 0 atom stereocenters. The molecule has 21 heavy (non-hydrogen) atoms. The second-order valence-corrected chi connectivity index (χ2v) is 6.18. The van der Waals surface area contributed by atoms with Gasteiger partial charge in [-0.1, -0.05) is 24.3 Å². The lowest BCUT2D eigenvalue weighted by molar-refractivity contribution is 0.578. The number of rotatable bonds is 2. The molecular formula is C19H22N2. The summed E-state index contributed by atoms with van der Waals surface area (Å²) in [7, 11) is 0. The minimum Gasteiger partial charge on any atom is -0.372 e. The zero-order valence-electron chi connectivity index (χ0n) is 12.4. The Labute approximate surface area is 126 Å². The van der Waals surface area contributed by atoms with Gasteiger partial charge in [0.25, 0.3) is 0 Å². The van der Waals surface area contributed by atoms with Gasteiger partial charge in [0.1, 0.15) is 0 Å². The Morgan fingerprint density at radius 3 is 2.24 bits per heavy atom. The Morgan fingerprint density at radius 2 is 1.43 bits per heavy atom. The first-order valence-corrected chi connectivity index (χ1v) is 8.08. The SMILES string of the molecule is c1cc(N2CCCCC2)ccc1-c1ccc2c(c1)CNC2. The Morgan fingerprint density at radius 1 is 0.714 bits per heavy atom. The van der Waals surface area contributed by atoms with E-state index in [1.807, 2.05) is 0 Å². The van der Waals surface area contributed by atoms with Gasteiger partial charge in [0, 0.05) is 31.9 Å². The highest BCUT2D eigenvalue weighted by Crippen LogP contribution is 2.27. The zero-order chi connectivity index (χ0) is 14.1. The van der Waals surface area contributed by atoms with Crippen molar-refractivity contribution in [3.05, 3.63) is 53.6 Å². The van der Waals surface area contributed by atoms with Gasteiger partial charge in [-0.05, 0) is 59.7 Å². The minimum absolute atomic E-state index is 1.01. The fourth-order valence-corrected chi connectivity index (χ4v) is 3.49. The van der Waals surface area contributed by atoms with Crippen molar-refractivity contribution >= 4 is 5.69 Å². The fourth-order valence-electron chi connectivity index (χ4n) is 3.49. The molecule has 0 bridgehead atoms. The van der Waals surface area contributed by atoms with Gasteiger partial charge in [0.15, 0.2) is 0 Å². The third-order valence-electron chi connectivity index (χ3n) is 4.76. The maximum Gasteiger partial charge on any atom is 0.0366 e. The predicted octanol–water partition coefficient (Wildman–Crippen LogP) is 3.95. The molecule has 2 heteroatoms.